The standard InChI is InChI=1S/C24H32O6/c1-4-28-19-8-6-16(7-9-19)10-17-11-21(23(29-5-2)14-22(17)27-3)24-13-18(26)12-20(15-25)30-24/h6-9,11,14,18,20,24-26H,4-5,10,12-13,15H2,1-3H3. The van der Waals surface area contributed by atoms with Crippen LogP contribution in [0, 0.1) is 0 Å². The summed E-state index contributed by atoms with van der Waals surface area (Å²) in [6.07, 6.45) is 0.319. The fourth-order valence-corrected chi connectivity index (χ4v) is 3.88. The summed E-state index contributed by atoms with van der Waals surface area (Å²) in [5.41, 5.74) is 3.00. The molecule has 2 aromatic rings. The van der Waals surface area contributed by atoms with E-state index in [0.717, 1.165) is 28.2 Å². The maximum atomic E-state index is 10.3. The highest BCUT2D eigenvalue weighted by atomic mass is 16.5. The van der Waals surface area contributed by atoms with Gasteiger partial charge in [0.1, 0.15) is 17.2 Å². The van der Waals surface area contributed by atoms with Gasteiger partial charge in [0.15, 0.2) is 0 Å². The lowest BCUT2D eigenvalue weighted by molar-refractivity contribution is -0.114. The van der Waals surface area contributed by atoms with E-state index in [9.17, 15) is 10.2 Å². The van der Waals surface area contributed by atoms with Crippen molar-refractivity contribution >= 4 is 0 Å². The third-order valence-corrected chi connectivity index (χ3v) is 5.27. The van der Waals surface area contributed by atoms with Crippen molar-refractivity contribution < 1.29 is 29.2 Å². The maximum Gasteiger partial charge on any atom is 0.128 e. The fourth-order valence-electron chi connectivity index (χ4n) is 3.88. The van der Waals surface area contributed by atoms with E-state index in [2.05, 4.69) is 0 Å². The van der Waals surface area contributed by atoms with Crippen molar-refractivity contribution in [3.8, 4) is 17.2 Å². The number of methoxy groups -OCH3 is 1. The van der Waals surface area contributed by atoms with Gasteiger partial charge in [-0.25, -0.2) is 0 Å². The molecule has 0 spiro atoms. The number of hydrogen-bond acceptors (Lipinski definition) is 6. The van der Waals surface area contributed by atoms with E-state index in [4.69, 9.17) is 18.9 Å². The summed E-state index contributed by atoms with van der Waals surface area (Å²) in [4.78, 5) is 0. The summed E-state index contributed by atoms with van der Waals surface area (Å²) < 4.78 is 23.1. The third-order valence-electron chi connectivity index (χ3n) is 5.27. The first-order valence-electron chi connectivity index (χ1n) is 10.6. The molecule has 164 valence electrons. The van der Waals surface area contributed by atoms with E-state index in [1.54, 1.807) is 7.11 Å². The van der Waals surface area contributed by atoms with Crippen molar-refractivity contribution in [2.75, 3.05) is 26.9 Å². The van der Waals surface area contributed by atoms with Crippen LogP contribution in [0.25, 0.3) is 0 Å². The summed E-state index contributed by atoms with van der Waals surface area (Å²) in [6, 6.07) is 11.9. The molecule has 3 atom stereocenters. The van der Waals surface area contributed by atoms with E-state index in [1.807, 2.05) is 50.2 Å². The zero-order valence-electron chi connectivity index (χ0n) is 18.0. The number of aliphatic hydroxyl groups excluding tert-OH is 2. The molecule has 30 heavy (non-hydrogen) atoms. The molecule has 0 radical (unpaired) electrons. The average molecular weight is 417 g/mol. The lowest BCUT2D eigenvalue weighted by Gasteiger charge is -2.33. The van der Waals surface area contributed by atoms with Crippen LogP contribution < -0.4 is 14.2 Å². The van der Waals surface area contributed by atoms with Gasteiger partial charge in [-0.1, -0.05) is 12.1 Å². The molecule has 1 saturated heterocycles. The largest absolute Gasteiger partial charge is 0.496 e. The van der Waals surface area contributed by atoms with E-state index < -0.39 is 6.10 Å². The van der Waals surface area contributed by atoms with Gasteiger partial charge in [-0.2, -0.15) is 0 Å². The molecule has 1 heterocycles. The fraction of sp³-hybridized carbons (Fsp3) is 0.500. The molecule has 2 aromatic carbocycles. The van der Waals surface area contributed by atoms with Crippen LogP contribution in [0.1, 0.15) is 49.5 Å². The Hall–Kier alpha value is -2.28. The Bertz CT molecular complexity index is 804. The highest BCUT2D eigenvalue weighted by molar-refractivity contribution is 5.49. The van der Waals surface area contributed by atoms with Crippen molar-refractivity contribution in [2.24, 2.45) is 0 Å². The first kappa shape index (κ1) is 22.4. The number of ether oxygens (including phenoxy) is 4. The quantitative estimate of drug-likeness (QED) is 0.650. The molecular weight excluding hydrogens is 384 g/mol. The molecular formula is C24H32O6. The van der Waals surface area contributed by atoms with Crippen LogP contribution in [0.2, 0.25) is 0 Å². The van der Waals surface area contributed by atoms with Crippen molar-refractivity contribution in [1.82, 2.24) is 0 Å². The summed E-state index contributed by atoms with van der Waals surface area (Å²) in [7, 11) is 1.65. The summed E-state index contributed by atoms with van der Waals surface area (Å²) >= 11 is 0. The topological polar surface area (TPSA) is 77.4 Å². The minimum atomic E-state index is -0.521. The maximum absolute atomic E-state index is 10.3. The third kappa shape index (κ3) is 5.45. The van der Waals surface area contributed by atoms with E-state index in [1.165, 1.54) is 0 Å². The number of aliphatic hydroxyl groups is 2. The lowest BCUT2D eigenvalue weighted by atomic mass is 9.92. The van der Waals surface area contributed by atoms with Gasteiger partial charge < -0.3 is 29.2 Å². The molecule has 2 N–H and O–H groups in total. The Morgan fingerprint density at radius 2 is 1.73 bits per heavy atom. The summed E-state index contributed by atoms with van der Waals surface area (Å²) in [5.74, 6) is 2.27. The predicted molar refractivity (Wildman–Crippen MR) is 115 cm³/mol. The smallest absolute Gasteiger partial charge is 0.128 e. The van der Waals surface area contributed by atoms with Crippen LogP contribution >= 0.6 is 0 Å². The Morgan fingerprint density at radius 3 is 2.37 bits per heavy atom. The molecule has 6 nitrogen and oxygen atoms in total. The molecule has 3 unspecified atom stereocenters. The first-order valence-corrected chi connectivity index (χ1v) is 10.6. The van der Waals surface area contributed by atoms with Crippen LogP contribution in [-0.4, -0.2) is 49.4 Å². The van der Waals surface area contributed by atoms with Crippen LogP contribution in [0.5, 0.6) is 17.2 Å². The monoisotopic (exact) mass is 416 g/mol. The van der Waals surface area contributed by atoms with Crippen molar-refractivity contribution in [3.63, 3.8) is 0 Å². The molecule has 0 saturated carbocycles. The van der Waals surface area contributed by atoms with Crippen molar-refractivity contribution in [1.29, 1.82) is 0 Å². The van der Waals surface area contributed by atoms with E-state index >= 15 is 0 Å². The van der Waals surface area contributed by atoms with Gasteiger partial charge in [0, 0.05) is 30.9 Å². The second kappa shape index (κ2) is 10.7. The summed E-state index contributed by atoms with van der Waals surface area (Å²) in [5, 5.41) is 19.8. The molecule has 6 heteroatoms. The zero-order chi connectivity index (χ0) is 21.5. The normalized spacial score (nSPS) is 21.3. The molecule has 0 amide bonds. The Morgan fingerprint density at radius 1 is 1.00 bits per heavy atom. The highest BCUT2D eigenvalue weighted by Crippen LogP contribution is 2.40. The van der Waals surface area contributed by atoms with E-state index in [0.29, 0.717) is 38.2 Å². The van der Waals surface area contributed by atoms with Gasteiger partial charge >= 0.3 is 0 Å². The van der Waals surface area contributed by atoms with Gasteiger partial charge in [-0.15, -0.1) is 0 Å². The zero-order valence-corrected chi connectivity index (χ0v) is 18.0. The predicted octanol–water partition coefficient (Wildman–Crippen LogP) is 3.66. The van der Waals surface area contributed by atoms with Crippen molar-refractivity contribution in [2.45, 2.75) is 51.4 Å². The van der Waals surface area contributed by atoms with Gasteiger partial charge in [0.2, 0.25) is 0 Å². The highest BCUT2D eigenvalue weighted by Gasteiger charge is 2.31. The number of hydrogen-bond donors (Lipinski definition) is 2. The van der Waals surface area contributed by atoms with Gasteiger partial charge in [0.25, 0.3) is 0 Å². The molecule has 3 rings (SSSR count). The molecule has 1 aliphatic heterocycles. The van der Waals surface area contributed by atoms with E-state index in [-0.39, 0.29) is 18.8 Å². The first-order chi connectivity index (χ1) is 14.6. The molecule has 0 aromatic heterocycles. The van der Waals surface area contributed by atoms with Gasteiger partial charge in [-0.05, 0) is 43.2 Å². The second-order valence-corrected chi connectivity index (χ2v) is 7.44. The van der Waals surface area contributed by atoms with Gasteiger partial charge in [0.05, 0.1) is 45.2 Å². The Balaban J connectivity index is 1.93. The van der Waals surface area contributed by atoms with Crippen molar-refractivity contribution in [3.05, 3.63) is 53.1 Å². The summed E-state index contributed by atoms with van der Waals surface area (Å²) in [6.45, 7) is 4.92. The van der Waals surface area contributed by atoms with Gasteiger partial charge in [-0.3, -0.25) is 0 Å². The Labute approximate surface area is 178 Å². The molecule has 1 aliphatic rings. The number of benzene rings is 2. The van der Waals surface area contributed by atoms with Crippen LogP contribution in [0.3, 0.4) is 0 Å². The van der Waals surface area contributed by atoms with Crippen LogP contribution in [0.4, 0.5) is 0 Å². The minimum Gasteiger partial charge on any atom is -0.496 e. The van der Waals surface area contributed by atoms with Crippen LogP contribution in [0.15, 0.2) is 36.4 Å². The molecule has 0 bridgehead atoms. The average Bonchev–Trinajstić information content (AvgIpc) is 2.75. The molecule has 0 aliphatic carbocycles. The van der Waals surface area contributed by atoms with Crippen LogP contribution in [-0.2, 0) is 11.2 Å². The lowest BCUT2D eigenvalue weighted by Crippen LogP contribution is -2.33. The minimum absolute atomic E-state index is 0.118. The second-order valence-electron chi connectivity index (χ2n) is 7.44. The SMILES string of the molecule is CCOc1ccc(Cc2cc(C3CC(O)CC(CO)O3)c(OCC)cc2OC)cc1. The Kier molecular flexibility index (Phi) is 7.96. The number of rotatable bonds is 9. The molecule has 1 fully saturated rings.